The van der Waals surface area contributed by atoms with Crippen molar-refractivity contribution in [2.75, 3.05) is 25.6 Å². The zero-order valence-corrected chi connectivity index (χ0v) is 11.5. The summed E-state index contributed by atoms with van der Waals surface area (Å²) in [5.74, 6) is 1.24. The molecule has 19 heavy (non-hydrogen) atoms. The molecule has 1 heterocycles. The summed E-state index contributed by atoms with van der Waals surface area (Å²) in [6, 6.07) is 7.94. The first-order chi connectivity index (χ1) is 9.29. The normalized spacial score (nSPS) is 10.8. The SMILES string of the molecule is Cc1ccc(-c2nnc(SCCOCCO)o2)cc1. The highest BCUT2D eigenvalue weighted by molar-refractivity contribution is 7.99. The number of aromatic nitrogens is 2. The van der Waals surface area contributed by atoms with Crippen molar-refractivity contribution in [1.82, 2.24) is 10.2 Å². The van der Waals surface area contributed by atoms with Crippen LogP contribution in [0.3, 0.4) is 0 Å². The summed E-state index contributed by atoms with van der Waals surface area (Å²) in [5, 5.41) is 17.1. The number of aliphatic hydroxyl groups is 1. The predicted molar refractivity (Wildman–Crippen MR) is 73.1 cm³/mol. The quantitative estimate of drug-likeness (QED) is 0.619. The van der Waals surface area contributed by atoms with Gasteiger partial charge in [-0.1, -0.05) is 29.5 Å². The summed E-state index contributed by atoms with van der Waals surface area (Å²) in [5.41, 5.74) is 2.11. The topological polar surface area (TPSA) is 68.4 Å². The molecule has 1 aromatic carbocycles. The second-order valence-corrected chi connectivity index (χ2v) is 4.97. The van der Waals surface area contributed by atoms with E-state index in [4.69, 9.17) is 14.3 Å². The average Bonchev–Trinajstić information content (AvgIpc) is 2.88. The number of hydrogen-bond donors (Lipinski definition) is 1. The molecule has 1 N–H and O–H groups in total. The van der Waals surface area contributed by atoms with E-state index in [2.05, 4.69) is 10.2 Å². The van der Waals surface area contributed by atoms with E-state index in [0.29, 0.717) is 24.3 Å². The lowest BCUT2D eigenvalue weighted by Gasteiger charge is -1.99. The Balaban J connectivity index is 1.86. The van der Waals surface area contributed by atoms with Gasteiger partial charge in [0.05, 0.1) is 19.8 Å². The molecular formula is C13H16N2O3S. The molecule has 0 atom stereocenters. The molecule has 2 rings (SSSR count). The van der Waals surface area contributed by atoms with Crippen LogP contribution in [0.4, 0.5) is 0 Å². The van der Waals surface area contributed by atoms with Gasteiger partial charge in [-0.3, -0.25) is 0 Å². The van der Waals surface area contributed by atoms with Crippen molar-refractivity contribution in [2.45, 2.75) is 12.1 Å². The summed E-state index contributed by atoms with van der Waals surface area (Å²) >= 11 is 1.44. The second-order valence-electron chi connectivity index (χ2n) is 3.92. The minimum atomic E-state index is 0.0444. The second kappa shape index (κ2) is 7.28. The molecular weight excluding hydrogens is 264 g/mol. The maximum Gasteiger partial charge on any atom is 0.276 e. The van der Waals surface area contributed by atoms with Crippen LogP contribution < -0.4 is 0 Å². The van der Waals surface area contributed by atoms with Crippen molar-refractivity contribution in [3.63, 3.8) is 0 Å². The van der Waals surface area contributed by atoms with E-state index in [1.807, 2.05) is 31.2 Å². The Morgan fingerprint density at radius 2 is 2.00 bits per heavy atom. The molecule has 0 aliphatic carbocycles. The van der Waals surface area contributed by atoms with Gasteiger partial charge in [-0.25, -0.2) is 0 Å². The lowest BCUT2D eigenvalue weighted by molar-refractivity contribution is 0.103. The maximum absolute atomic E-state index is 8.56. The van der Waals surface area contributed by atoms with Crippen LogP contribution in [0.2, 0.25) is 0 Å². The van der Waals surface area contributed by atoms with Crippen LogP contribution in [0, 0.1) is 6.92 Å². The van der Waals surface area contributed by atoms with Crippen molar-refractivity contribution in [3.8, 4) is 11.5 Å². The maximum atomic E-state index is 8.56. The Hall–Kier alpha value is -1.37. The van der Waals surface area contributed by atoms with Crippen LogP contribution in [0.15, 0.2) is 33.9 Å². The van der Waals surface area contributed by atoms with Crippen LogP contribution in [-0.2, 0) is 4.74 Å². The fourth-order valence-electron chi connectivity index (χ4n) is 1.44. The van der Waals surface area contributed by atoms with Gasteiger partial charge < -0.3 is 14.3 Å². The molecule has 6 heteroatoms. The zero-order valence-electron chi connectivity index (χ0n) is 10.7. The van der Waals surface area contributed by atoms with Crippen molar-refractivity contribution < 1.29 is 14.3 Å². The van der Waals surface area contributed by atoms with E-state index in [1.54, 1.807) is 0 Å². The molecule has 0 fully saturated rings. The lowest BCUT2D eigenvalue weighted by Crippen LogP contribution is -2.02. The van der Waals surface area contributed by atoms with Gasteiger partial charge in [0.1, 0.15) is 0 Å². The number of nitrogens with zero attached hydrogens (tertiary/aromatic N) is 2. The smallest absolute Gasteiger partial charge is 0.276 e. The van der Waals surface area contributed by atoms with E-state index in [0.717, 1.165) is 11.3 Å². The first-order valence-electron chi connectivity index (χ1n) is 6.01. The monoisotopic (exact) mass is 280 g/mol. The molecule has 0 aliphatic heterocycles. The molecule has 0 unspecified atom stereocenters. The summed E-state index contributed by atoms with van der Waals surface area (Å²) in [6.07, 6.45) is 0. The molecule has 0 aliphatic rings. The van der Waals surface area contributed by atoms with Crippen LogP contribution in [0.25, 0.3) is 11.5 Å². The first kappa shape index (κ1) is 14.0. The van der Waals surface area contributed by atoms with Crippen molar-refractivity contribution >= 4 is 11.8 Å². The minimum Gasteiger partial charge on any atom is -0.411 e. The Labute approximate surface area is 116 Å². The van der Waals surface area contributed by atoms with Crippen molar-refractivity contribution in [2.24, 2.45) is 0 Å². The van der Waals surface area contributed by atoms with Gasteiger partial charge in [-0.15, -0.1) is 10.2 Å². The van der Waals surface area contributed by atoms with E-state index in [9.17, 15) is 0 Å². The molecule has 0 radical (unpaired) electrons. The van der Waals surface area contributed by atoms with E-state index >= 15 is 0 Å². The number of thioether (sulfide) groups is 1. The summed E-state index contributed by atoms with van der Waals surface area (Å²) in [6.45, 7) is 2.99. The molecule has 0 saturated heterocycles. The van der Waals surface area contributed by atoms with Gasteiger partial charge in [-0.05, 0) is 19.1 Å². The highest BCUT2D eigenvalue weighted by atomic mass is 32.2. The molecule has 2 aromatic rings. The molecule has 0 saturated carbocycles. The summed E-state index contributed by atoms with van der Waals surface area (Å²) in [4.78, 5) is 0. The van der Waals surface area contributed by atoms with Gasteiger partial charge in [0.2, 0.25) is 5.89 Å². The fourth-order valence-corrected chi connectivity index (χ4v) is 2.05. The zero-order chi connectivity index (χ0) is 13.5. The van der Waals surface area contributed by atoms with E-state index in [1.165, 1.54) is 17.3 Å². The van der Waals surface area contributed by atoms with Crippen molar-refractivity contribution in [3.05, 3.63) is 29.8 Å². The molecule has 102 valence electrons. The highest BCUT2D eigenvalue weighted by Gasteiger charge is 2.08. The van der Waals surface area contributed by atoms with Gasteiger partial charge in [0, 0.05) is 11.3 Å². The standard InChI is InChI=1S/C13H16N2O3S/c1-10-2-4-11(5-3-10)12-14-15-13(18-12)19-9-8-17-7-6-16/h2-5,16H,6-9H2,1H3. The number of ether oxygens (including phenoxy) is 1. The van der Waals surface area contributed by atoms with E-state index < -0.39 is 0 Å². The van der Waals surface area contributed by atoms with Crippen LogP contribution in [-0.4, -0.2) is 40.9 Å². The fraction of sp³-hybridized carbons (Fsp3) is 0.385. The lowest BCUT2D eigenvalue weighted by atomic mass is 10.1. The van der Waals surface area contributed by atoms with Gasteiger partial charge in [-0.2, -0.15) is 0 Å². The third-order valence-corrected chi connectivity index (χ3v) is 3.18. The molecule has 0 spiro atoms. The predicted octanol–water partition coefficient (Wildman–Crippen LogP) is 2.15. The number of rotatable bonds is 7. The molecule has 1 aromatic heterocycles. The number of benzene rings is 1. The minimum absolute atomic E-state index is 0.0444. The average molecular weight is 280 g/mol. The third kappa shape index (κ3) is 4.34. The Morgan fingerprint density at radius 3 is 2.74 bits per heavy atom. The number of aryl methyl sites for hydroxylation is 1. The summed E-state index contributed by atoms with van der Waals surface area (Å²) < 4.78 is 10.7. The third-order valence-electron chi connectivity index (χ3n) is 2.39. The van der Waals surface area contributed by atoms with Crippen LogP contribution in [0.5, 0.6) is 0 Å². The number of hydrogen-bond acceptors (Lipinski definition) is 6. The molecule has 5 nitrogen and oxygen atoms in total. The molecule has 0 amide bonds. The molecule has 0 bridgehead atoms. The van der Waals surface area contributed by atoms with Crippen molar-refractivity contribution in [1.29, 1.82) is 0 Å². The number of aliphatic hydroxyl groups excluding tert-OH is 1. The highest BCUT2D eigenvalue weighted by Crippen LogP contribution is 2.23. The Kier molecular flexibility index (Phi) is 5.38. The van der Waals surface area contributed by atoms with Gasteiger partial charge >= 0.3 is 0 Å². The van der Waals surface area contributed by atoms with E-state index in [-0.39, 0.29) is 6.61 Å². The van der Waals surface area contributed by atoms with Crippen LogP contribution >= 0.6 is 11.8 Å². The largest absolute Gasteiger partial charge is 0.411 e. The first-order valence-corrected chi connectivity index (χ1v) is 7.00. The van der Waals surface area contributed by atoms with Gasteiger partial charge in [0.25, 0.3) is 5.22 Å². The Morgan fingerprint density at radius 1 is 1.21 bits per heavy atom. The Bertz CT molecular complexity index is 499. The van der Waals surface area contributed by atoms with Crippen LogP contribution in [0.1, 0.15) is 5.56 Å². The van der Waals surface area contributed by atoms with Gasteiger partial charge in [0.15, 0.2) is 0 Å². The summed E-state index contributed by atoms with van der Waals surface area (Å²) in [7, 11) is 0.